The highest BCUT2D eigenvalue weighted by atomic mass is 16.2. The molecular weight excluding hydrogens is 280 g/mol. The predicted octanol–water partition coefficient (Wildman–Crippen LogP) is 0.700. The van der Waals surface area contributed by atoms with Crippen molar-refractivity contribution in [1.82, 2.24) is 25.1 Å². The third-order valence-corrected chi connectivity index (χ3v) is 3.85. The summed E-state index contributed by atoms with van der Waals surface area (Å²) >= 11 is 0. The molecule has 0 atom stereocenters. The first-order valence-corrected chi connectivity index (χ1v) is 7.44. The second kappa shape index (κ2) is 5.75. The molecule has 1 amide bonds. The van der Waals surface area contributed by atoms with Crippen LogP contribution in [0.25, 0.3) is 0 Å². The molecule has 22 heavy (non-hydrogen) atoms. The lowest BCUT2D eigenvalue weighted by Gasteiger charge is -2.40. The summed E-state index contributed by atoms with van der Waals surface area (Å²) in [6, 6.07) is 3.94. The van der Waals surface area contributed by atoms with Crippen molar-refractivity contribution in [2.45, 2.75) is 26.3 Å². The molecule has 116 valence electrons. The summed E-state index contributed by atoms with van der Waals surface area (Å²) in [5.74, 6) is 0.846. The van der Waals surface area contributed by atoms with E-state index in [4.69, 9.17) is 0 Å². The minimum absolute atomic E-state index is 0.0790. The summed E-state index contributed by atoms with van der Waals surface area (Å²) < 4.78 is 1.61. The highest BCUT2D eigenvalue weighted by Crippen LogP contribution is 2.19. The van der Waals surface area contributed by atoms with Crippen LogP contribution >= 0.6 is 0 Å². The van der Waals surface area contributed by atoms with Gasteiger partial charge in [-0.2, -0.15) is 5.10 Å². The van der Waals surface area contributed by atoms with Gasteiger partial charge in [0.2, 0.25) is 0 Å². The van der Waals surface area contributed by atoms with Crippen LogP contribution in [-0.2, 0) is 13.5 Å². The minimum atomic E-state index is -0.0790. The molecule has 0 aromatic carbocycles. The van der Waals surface area contributed by atoms with Crippen LogP contribution in [0.5, 0.6) is 0 Å². The number of aryl methyl sites for hydroxylation is 3. The first-order chi connectivity index (χ1) is 10.6. The molecule has 0 unspecified atom stereocenters. The van der Waals surface area contributed by atoms with E-state index in [1.807, 2.05) is 13.0 Å². The molecule has 1 N–H and O–H groups in total. The molecule has 7 heteroatoms. The molecule has 1 saturated heterocycles. The second-order valence-corrected chi connectivity index (χ2v) is 5.59. The van der Waals surface area contributed by atoms with E-state index in [0.29, 0.717) is 5.69 Å². The Morgan fingerprint density at radius 3 is 2.77 bits per heavy atom. The third-order valence-electron chi connectivity index (χ3n) is 3.85. The molecule has 0 aliphatic carbocycles. The van der Waals surface area contributed by atoms with Gasteiger partial charge in [-0.05, 0) is 19.4 Å². The normalized spacial score (nSPS) is 14.8. The van der Waals surface area contributed by atoms with E-state index < -0.39 is 0 Å². The van der Waals surface area contributed by atoms with Gasteiger partial charge in [0.15, 0.2) is 0 Å². The largest absolute Gasteiger partial charge is 0.352 e. The standard InChI is InChI=1S/C15H20N6O/c1-4-11-6-14(17-9-16-11)21-7-12(8-21)18-15(22)13-5-10(2)19-20(13)3/h5-6,9,12H,4,7-8H2,1-3H3,(H,18,22). The van der Waals surface area contributed by atoms with E-state index in [1.165, 1.54) is 0 Å². The Labute approximate surface area is 129 Å². The molecular formula is C15H20N6O. The fraction of sp³-hybridized carbons (Fsp3) is 0.467. The zero-order chi connectivity index (χ0) is 15.7. The Hall–Kier alpha value is -2.44. The van der Waals surface area contributed by atoms with Crippen LogP contribution in [-0.4, -0.2) is 44.8 Å². The molecule has 0 spiro atoms. The van der Waals surface area contributed by atoms with Crippen molar-refractivity contribution < 1.29 is 4.79 Å². The molecule has 7 nitrogen and oxygen atoms in total. The maximum atomic E-state index is 12.2. The number of nitrogens with zero attached hydrogens (tertiary/aromatic N) is 5. The molecule has 3 rings (SSSR count). The number of anilines is 1. The Kier molecular flexibility index (Phi) is 3.79. The topological polar surface area (TPSA) is 75.9 Å². The maximum Gasteiger partial charge on any atom is 0.269 e. The highest BCUT2D eigenvalue weighted by Gasteiger charge is 2.30. The summed E-state index contributed by atoms with van der Waals surface area (Å²) in [6.45, 7) is 5.48. The first kappa shape index (κ1) is 14.5. The van der Waals surface area contributed by atoms with Gasteiger partial charge in [-0.25, -0.2) is 9.97 Å². The van der Waals surface area contributed by atoms with Crippen molar-refractivity contribution in [2.75, 3.05) is 18.0 Å². The van der Waals surface area contributed by atoms with Gasteiger partial charge in [-0.1, -0.05) is 6.92 Å². The summed E-state index contributed by atoms with van der Waals surface area (Å²) in [6.07, 6.45) is 2.49. The van der Waals surface area contributed by atoms with E-state index in [2.05, 4.69) is 32.2 Å². The van der Waals surface area contributed by atoms with Gasteiger partial charge in [0.1, 0.15) is 17.8 Å². The molecule has 1 aliphatic rings. The first-order valence-electron chi connectivity index (χ1n) is 7.44. The van der Waals surface area contributed by atoms with Crippen LogP contribution in [0.3, 0.4) is 0 Å². The van der Waals surface area contributed by atoms with Gasteiger partial charge in [0.05, 0.1) is 11.7 Å². The molecule has 0 bridgehead atoms. The fourth-order valence-corrected chi connectivity index (χ4v) is 2.59. The predicted molar refractivity (Wildman–Crippen MR) is 82.8 cm³/mol. The van der Waals surface area contributed by atoms with Gasteiger partial charge in [-0.3, -0.25) is 9.48 Å². The lowest BCUT2D eigenvalue weighted by atomic mass is 10.1. The SMILES string of the molecule is CCc1cc(N2CC(NC(=O)c3cc(C)nn3C)C2)ncn1. The van der Waals surface area contributed by atoms with E-state index in [1.54, 1.807) is 24.1 Å². The van der Waals surface area contributed by atoms with Crippen LogP contribution in [0.4, 0.5) is 5.82 Å². The number of rotatable bonds is 4. The van der Waals surface area contributed by atoms with E-state index >= 15 is 0 Å². The van der Waals surface area contributed by atoms with Gasteiger partial charge in [0, 0.05) is 31.9 Å². The molecule has 1 aliphatic heterocycles. The molecule has 0 radical (unpaired) electrons. The lowest BCUT2D eigenvalue weighted by molar-refractivity contribution is 0.0920. The molecule has 0 saturated carbocycles. The summed E-state index contributed by atoms with van der Waals surface area (Å²) in [4.78, 5) is 22.8. The van der Waals surface area contributed by atoms with Crippen LogP contribution in [0.1, 0.15) is 28.8 Å². The van der Waals surface area contributed by atoms with Crippen molar-refractivity contribution in [3.63, 3.8) is 0 Å². The molecule has 1 fully saturated rings. The Balaban J connectivity index is 1.57. The average molecular weight is 300 g/mol. The van der Waals surface area contributed by atoms with Crippen molar-refractivity contribution in [3.8, 4) is 0 Å². The molecule has 3 heterocycles. The van der Waals surface area contributed by atoms with E-state index in [9.17, 15) is 4.79 Å². The Morgan fingerprint density at radius 1 is 1.36 bits per heavy atom. The minimum Gasteiger partial charge on any atom is -0.352 e. The Morgan fingerprint density at radius 2 is 2.14 bits per heavy atom. The number of carbonyl (C=O) groups excluding carboxylic acids is 1. The summed E-state index contributed by atoms with van der Waals surface area (Å²) in [7, 11) is 1.78. The monoisotopic (exact) mass is 300 g/mol. The molecule has 2 aromatic heterocycles. The van der Waals surface area contributed by atoms with Crippen molar-refractivity contribution in [3.05, 3.63) is 35.5 Å². The van der Waals surface area contributed by atoms with Crippen LogP contribution in [0, 0.1) is 6.92 Å². The van der Waals surface area contributed by atoms with E-state index in [-0.39, 0.29) is 11.9 Å². The number of hydrogen-bond donors (Lipinski definition) is 1. The van der Waals surface area contributed by atoms with Crippen LogP contribution < -0.4 is 10.2 Å². The van der Waals surface area contributed by atoms with Gasteiger partial charge in [0.25, 0.3) is 5.91 Å². The summed E-state index contributed by atoms with van der Waals surface area (Å²) in [5.41, 5.74) is 2.46. The number of amides is 1. The van der Waals surface area contributed by atoms with Gasteiger partial charge < -0.3 is 10.2 Å². The number of nitrogens with one attached hydrogen (secondary N) is 1. The van der Waals surface area contributed by atoms with Gasteiger partial charge >= 0.3 is 0 Å². The van der Waals surface area contributed by atoms with Crippen LogP contribution in [0.2, 0.25) is 0 Å². The number of carbonyl (C=O) groups is 1. The highest BCUT2D eigenvalue weighted by molar-refractivity contribution is 5.93. The van der Waals surface area contributed by atoms with Crippen LogP contribution in [0.15, 0.2) is 18.5 Å². The van der Waals surface area contributed by atoms with Crippen molar-refractivity contribution >= 4 is 11.7 Å². The maximum absolute atomic E-state index is 12.2. The average Bonchev–Trinajstić information content (AvgIpc) is 2.81. The number of aromatic nitrogens is 4. The second-order valence-electron chi connectivity index (χ2n) is 5.59. The third kappa shape index (κ3) is 2.79. The Bertz CT molecular complexity index is 689. The zero-order valence-corrected chi connectivity index (χ0v) is 13.1. The number of hydrogen-bond acceptors (Lipinski definition) is 5. The van der Waals surface area contributed by atoms with E-state index in [0.717, 1.165) is 36.7 Å². The fourth-order valence-electron chi connectivity index (χ4n) is 2.59. The summed E-state index contributed by atoms with van der Waals surface area (Å²) in [5, 5.41) is 7.22. The van der Waals surface area contributed by atoms with Crippen molar-refractivity contribution in [2.24, 2.45) is 7.05 Å². The zero-order valence-electron chi connectivity index (χ0n) is 13.1. The lowest BCUT2D eigenvalue weighted by Crippen LogP contribution is -2.59. The smallest absolute Gasteiger partial charge is 0.269 e. The van der Waals surface area contributed by atoms with Crippen molar-refractivity contribution in [1.29, 1.82) is 0 Å². The van der Waals surface area contributed by atoms with Gasteiger partial charge in [-0.15, -0.1) is 0 Å². The quantitative estimate of drug-likeness (QED) is 0.899. The molecule has 2 aromatic rings.